The molecule has 1 aliphatic carbocycles. The number of carbonyl (C=O) groups excluding carboxylic acids is 2. The largest absolute Gasteiger partial charge is 0.444 e. The van der Waals surface area contributed by atoms with Crippen molar-refractivity contribution in [1.29, 1.82) is 0 Å². The first-order valence-electron chi connectivity index (χ1n) is 9.95. The van der Waals surface area contributed by atoms with E-state index in [1.807, 2.05) is 27.7 Å². The molecule has 2 fully saturated rings. The van der Waals surface area contributed by atoms with Crippen molar-refractivity contribution in [3.05, 3.63) is 16.7 Å². The summed E-state index contributed by atoms with van der Waals surface area (Å²) >= 11 is 6.05. The van der Waals surface area contributed by atoms with Crippen LogP contribution in [0.1, 0.15) is 63.3 Å². The minimum Gasteiger partial charge on any atom is -0.444 e. The normalized spacial score (nSPS) is 22.8. The summed E-state index contributed by atoms with van der Waals surface area (Å²) in [6, 6.07) is 0.322. The molecule has 0 unspecified atom stereocenters. The number of nitrogens with one attached hydrogen (secondary N) is 3. The summed E-state index contributed by atoms with van der Waals surface area (Å²) in [5, 5.41) is 6.95. The number of rotatable bonds is 5. The number of likely N-dealkylation sites (tertiary alicyclic amines) is 1. The first kappa shape index (κ1) is 20.9. The van der Waals surface area contributed by atoms with Gasteiger partial charge in [-0.15, -0.1) is 0 Å². The Labute approximate surface area is 170 Å². The van der Waals surface area contributed by atoms with E-state index in [1.54, 1.807) is 4.90 Å². The number of nitrogens with zero attached hydrogens (tertiary/aromatic N) is 2. The number of amides is 2. The maximum atomic E-state index is 12.6. The monoisotopic (exact) mass is 411 g/mol. The Kier molecular flexibility index (Phi) is 6.19. The molecule has 0 spiro atoms. The van der Waals surface area contributed by atoms with Gasteiger partial charge >= 0.3 is 6.09 Å². The number of aromatic nitrogens is 2. The Balaban J connectivity index is 1.64. The number of H-pyrrole nitrogens is 1. The van der Waals surface area contributed by atoms with Gasteiger partial charge in [0.15, 0.2) is 11.0 Å². The fourth-order valence-electron chi connectivity index (χ4n) is 3.31. The molecule has 9 heteroatoms. The van der Waals surface area contributed by atoms with Crippen LogP contribution in [0.4, 0.5) is 4.79 Å². The Morgan fingerprint density at radius 1 is 1.29 bits per heavy atom. The highest BCUT2D eigenvalue weighted by molar-refractivity contribution is 6.30. The smallest absolute Gasteiger partial charge is 0.410 e. The van der Waals surface area contributed by atoms with E-state index in [-0.39, 0.29) is 29.9 Å². The maximum absolute atomic E-state index is 12.6. The molecule has 0 bridgehead atoms. The molecule has 1 saturated heterocycles. The first-order chi connectivity index (χ1) is 13.2. The van der Waals surface area contributed by atoms with Crippen molar-refractivity contribution in [3.8, 4) is 0 Å². The van der Waals surface area contributed by atoms with Crippen molar-refractivity contribution in [2.45, 2.75) is 77.1 Å². The van der Waals surface area contributed by atoms with Crippen LogP contribution < -0.4 is 10.6 Å². The van der Waals surface area contributed by atoms with Crippen molar-refractivity contribution < 1.29 is 14.3 Å². The fraction of sp³-hybridized carbons (Fsp3) is 0.737. The van der Waals surface area contributed by atoms with Crippen molar-refractivity contribution in [2.24, 2.45) is 0 Å². The molecule has 1 aliphatic heterocycles. The zero-order valence-electron chi connectivity index (χ0n) is 17.0. The van der Waals surface area contributed by atoms with Crippen LogP contribution in [0.3, 0.4) is 0 Å². The molecule has 1 aromatic rings. The number of imidazole rings is 1. The average Bonchev–Trinajstić information content (AvgIpc) is 3.34. The maximum Gasteiger partial charge on any atom is 0.410 e. The van der Waals surface area contributed by atoms with Gasteiger partial charge in [-0.05, 0) is 46.5 Å². The van der Waals surface area contributed by atoms with Crippen molar-refractivity contribution >= 4 is 23.6 Å². The van der Waals surface area contributed by atoms with Gasteiger partial charge in [0, 0.05) is 31.2 Å². The van der Waals surface area contributed by atoms with Gasteiger partial charge in [0.1, 0.15) is 5.60 Å². The zero-order valence-corrected chi connectivity index (χ0v) is 17.7. The van der Waals surface area contributed by atoms with Gasteiger partial charge in [-0.3, -0.25) is 4.79 Å². The van der Waals surface area contributed by atoms with E-state index in [4.69, 9.17) is 16.3 Å². The van der Waals surface area contributed by atoms with E-state index >= 15 is 0 Å². The molecule has 0 radical (unpaired) electrons. The molecule has 156 valence electrons. The lowest BCUT2D eigenvalue weighted by molar-refractivity contribution is 0.0162. The number of halogens is 1. The fourth-order valence-corrected chi connectivity index (χ4v) is 3.57. The highest BCUT2D eigenvalue weighted by atomic mass is 35.5. The van der Waals surface area contributed by atoms with Crippen LogP contribution in [0.15, 0.2) is 0 Å². The molecule has 1 saturated carbocycles. The van der Waals surface area contributed by atoms with E-state index in [1.165, 1.54) is 0 Å². The van der Waals surface area contributed by atoms with Crippen LogP contribution in [0, 0.1) is 0 Å². The summed E-state index contributed by atoms with van der Waals surface area (Å²) in [5.41, 5.74) is 0.219. The summed E-state index contributed by atoms with van der Waals surface area (Å²) in [6.07, 6.45) is 3.25. The third-order valence-corrected chi connectivity index (χ3v) is 5.22. The first-order valence-corrected chi connectivity index (χ1v) is 10.3. The minimum absolute atomic E-state index is 0.0335. The standard InChI is InChI=1S/C19H30ClN5O3/c1-5-12-15(20)24-16(22-12)17(26)23-13-8-9-25(18(27)28-19(2,3)4)10-14(13)21-11-6-7-11/h11,13-14,21H,5-10H2,1-4H3,(H,22,24)(H,23,26)/t13-,14-/m0/s1. The van der Waals surface area contributed by atoms with Crippen LogP contribution in [-0.2, 0) is 11.2 Å². The second-order valence-electron chi connectivity index (χ2n) is 8.55. The molecule has 1 aromatic heterocycles. The van der Waals surface area contributed by atoms with Crippen LogP contribution in [0.25, 0.3) is 0 Å². The van der Waals surface area contributed by atoms with Gasteiger partial charge in [-0.2, -0.15) is 0 Å². The van der Waals surface area contributed by atoms with E-state index in [2.05, 4.69) is 20.6 Å². The molecule has 3 rings (SSSR count). The summed E-state index contributed by atoms with van der Waals surface area (Å²) in [6.45, 7) is 8.55. The number of aromatic amines is 1. The third-order valence-electron chi connectivity index (χ3n) is 4.91. The topological polar surface area (TPSA) is 99.4 Å². The molecule has 2 atom stereocenters. The van der Waals surface area contributed by atoms with Crippen LogP contribution in [0.5, 0.6) is 0 Å². The predicted molar refractivity (Wildman–Crippen MR) is 107 cm³/mol. The second kappa shape index (κ2) is 8.29. The van der Waals surface area contributed by atoms with Crippen LogP contribution in [0.2, 0.25) is 5.15 Å². The number of piperidine rings is 1. The SMILES string of the molecule is CCc1[nH]c(C(=O)N[C@H]2CCN(C(=O)OC(C)(C)C)C[C@@H]2NC2CC2)nc1Cl. The Morgan fingerprint density at radius 3 is 2.57 bits per heavy atom. The Hall–Kier alpha value is -1.80. The van der Waals surface area contributed by atoms with Gasteiger partial charge < -0.3 is 25.3 Å². The number of hydrogen-bond donors (Lipinski definition) is 3. The van der Waals surface area contributed by atoms with Gasteiger partial charge in [0.05, 0.1) is 5.69 Å². The lowest BCUT2D eigenvalue weighted by Crippen LogP contribution is -2.61. The third kappa shape index (κ3) is 5.38. The summed E-state index contributed by atoms with van der Waals surface area (Å²) in [5.74, 6) is -0.0542. The van der Waals surface area contributed by atoms with Crippen molar-refractivity contribution in [2.75, 3.05) is 13.1 Å². The number of carbonyl (C=O) groups is 2. The lowest BCUT2D eigenvalue weighted by Gasteiger charge is -2.39. The molecular formula is C19H30ClN5O3. The number of ether oxygens (including phenoxy) is 1. The Bertz CT molecular complexity index is 726. The zero-order chi connectivity index (χ0) is 20.5. The van der Waals surface area contributed by atoms with Gasteiger partial charge in [-0.1, -0.05) is 18.5 Å². The van der Waals surface area contributed by atoms with Gasteiger partial charge in [0.25, 0.3) is 5.91 Å². The molecule has 0 aromatic carbocycles. The predicted octanol–water partition coefficient (Wildman–Crippen LogP) is 2.49. The number of aryl methyl sites for hydroxylation is 1. The van der Waals surface area contributed by atoms with Gasteiger partial charge in [-0.25, -0.2) is 9.78 Å². The minimum atomic E-state index is -0.531. The van der Waals surface area contributed by atoms with Crippen LogP contribution >= 0.6 is 11.6 Å². The highest BCUT2D eigenvalue weighted by Crippen LogP contribution is 2.23. The highest BCUT2D eigenvalue weighted by Gasteiger charge is 2.37. The second-order valence-corrected chi connectivity index (χ2v) is 8.91. The molecule has 2 amide bonds. The molecule has 2 heterocycles. The summed E-state index contributed by atoms with van der Waals surface area (Å²) in [4.78, 5) is 33.9. The quantitative estimate of drug-likeness (QED) is 0.691. The van der Waals surface area contributed by atoms with E-state index < -0.39 is 5.60 Å². The average molecular weight is 412 g/mol. The summed E-state index contributed by atoms with van der Waals surface area (Å²) < 4.78 is 5.50. The molecule has 8 nitrogen and oxygen atoms in total. The van der Waals surface area contributed by atoms with E-state index in [9.17, 15) is 9.59 Å². The number of hydrogen-bond acceptors (Lipinski definition) is 5. The van der Waals surface area contributed by atoms with Crippen molar-refractivity contribution in [3.63, 3.8) is 0 Å². The Morgan fingerprint density at radius 2 is 2.00 bits per heavy atom. The van der Waals surface area contributed by atoms with Gasteiger partial charge in [0.2, 0.25) is 0 Å². The molecule has 3 N–H and O–H groups in total. The van der Waals surface area contributed by atoms with Crippen molar-refractivity contribution in [1.82, 2.24) is 25.5 Å². The summed E-state index contributed by atoms with van der Waals surface area (Å²) in [7, 11) is 0. The molecular weight excluding hydrogens is 382 g/mol. The van der Waals surface area contributed by atoms with E-state index in [0.29, 0.717) is 37.1 Å². The molecule has 2 aliphatic rings. The van der Waals surface area contributed by atoms with E-state index in [0.717, 1.165) is 18.5 Å². The lowest BCUT2D eigenvalue weighted by atomic mass is 9.99. The molecule has 28 heavy (non-hydrogen) atoms. The van der Waals surface area contributed by atoms with Crippen LogP contribution in [-0.4, -0.2) is 63.7 Å².